The molecule has 3 aromatic rings. The van der Waals surface area contributed by atoms with E-state index in [0.29, 0.717) is 12.2 Å². The van der Waals surface area contributed by atoms with E-state index in [1.807, 2.05) is 18.2 Å². The van der Waals surface area contributed by atoms with Crippen LogP contribution >= 0.6 is 22.9 Å². The van der Waals surface area contributed by atoms with Gasteiger partial charge in [0.1, 0.15) is 0 Å². The number of benzene rings is 2. The molecule has 1 aromatic heterocycles. The summed E-state index contributed by atoms with van der Waals surface area (Å²) in [6.07, 6.45) is 6.67. The van der Waals surface area contributed by atoms with Crippen LogP contribution in [0.15, 0.2) is 36.4 Å². The Labute approximate surface area is 204 Å². The number of methoxy groups -OCH3 is 1. The number of carbonyl (C=O) groups excluding carboxylic acids is 1. The minimum atomic E-state index is -0.301. The number of fused-ring (bicyclic) bond motifs is 1. The first-order valence-corrected chi connectivity index (χ1v) is 13.0. The molecule has 2 aliphatic rings. The molecule has 0 radical (unpaired) electrons. The van der Waals surface area contributed by atoms with Gasteiger partial charge in [0.2, 0.25) is 0 Å². The highest BCUT2D eigenvalue weighted by Gasteiger charge is 2.27. The molecule has 174 valence electrons. The summed E-state index contributed by atoms with van der Waals surface area (Å²) >= 11 is 7.94. The molecule has 6 heteroatoms. The molecule has 1 saturated carbocycles. The molecular weight excluding hydrogens is 454 g/mol. The molecule has 5 rings (SSSR count). The third kappa shape index (κ3) is 4.64. The third-order valence-electron chi connectivity index (χ3n) is 7.12. The van der Waals surface area contributed by atoms with Gasteiger partial charge in [-0.05, 0) is 55.5 Å². The van der Waals surface area contributed by atoms with Crippen LogP contribution in [0.3, 0.4) is 0 Å². The van der Waals surface area contributed by atoms with Crippen LogP contribution in [0.5, 0.6) is 0 Å². The molecule has 0 N–H and O–H groups in total. The number of halogens is 1. The quantitative estimate of drug-likeness (QED) is 0.350. The van der Waals surface area contributed by atoms with Gasteiger partial charge in [-0.2, -0.15) is 0 Å². The second-order valence-electron chi connectivity index (χ2n) is 9.21. The van der Waals surface area contributed by atoms with Gasteiger partial charge in [0, 0.05) is 38.6 Å². The Kier molecular flexibility index (Phi) is 6.64. The largest absolute Gasteiger partial charge is 0.465 e. The van der Waals surface area contributed by atoms with Crippen molar-refractivity contribution in [2.24, 2.45) is 5.92 Å². The molecule has 2 aromatic carbocycles. The lowest BCUT2D eigenvalue weighted by Crippen LogP contribution is -2.43. The Morgan fingerprint density at radius 1 is 1.21 bits per heavy atom. The lowest BCUT2D eigenvalue weighted by molar-refractivity contribution is 0.0283. The Balaban J connectivity index is 1.45. The maximum absolute atomic E-state index is 12.8. The van der Waals surface area contributed by atoms with Crippen molar-refractivity contribution in [3.63, 3.8) is 0 Å². The highest BCUT2D eigenvalue weighted by Crippen LogP contribution is 2.41. The lowest BCUT2D eigenvalue weighted by Gasteiger charge is -2.36. The molecule has 1 saturated heterocycles. The normalized spacial score (nSPS) is 19.0. The summed E-state index contributed by atoms with van der Waals surface area (Å²) < 4.78 is 12.4. The molecular formula is C27H30ClNO3S. The van der Waals surface area contributed by atoms with E-state index < -0.39 is 0 Å². The summed E-state index contributed by atoms with van der Waals surface area (Å²) in [5.41, 5.74) is 3.73. The minimum absolute atomic E-state index is 0.220. The molecule has 2 heterocycles. The van der Waals surface area contributed by atoms with Crippen LogP contribution in [-0.2, 0) is 9.47 Å². The maximum atomic E-state index is 12.8. The Bertz CT molecular complexity index is 1170. The van der Waals surface area contributed by atoms with Gasteiger partial charge in [-0.1, -0.05) is 43.0 Å². The highest BCUT2D eigenvalue weighted by molar-refractivity contribution is 7.19. The molecule has 33 heavy (non-hydrogen) atoms. The zero-order chi connectivity index (χ0) is 22.9. The Morgan fingerprint density at radius 3 is 2.82 bits per heavy atom. The summed E-state index contributed by atoms with van der Waals surface area (Å²) in [4.78, 5) is 16.3. The van der Waals surface area contributed by atoms with Crippen LogP contribution in [0.1, 0.15) is 47.3 Å². The first-order chi connectivity index (χ1) is 16.0. The van der Waals surface area contributed by atoms with E-state index >= 15 is 0 Å². The number of nitrogens with zero attached hydrogens (tertiary/aromatic N) is 1. The number of hydrogen-bond acceptors (Lipinski definition) is 5. The molecule has 2 fully saturated rings. The van der Waals surface area contributed by atoms with Gasteiger partial charge in [0.15, 0.2) is 0 Å². The van der Waals surface area contributed by atoms with E-state index in [1.165, 1.54) is 37.7 Å². The molecule has 0 spiro atoms. The topological polar surface area (TPSA) is 38.8 Å². The van der Waals surface area contributed by atoms with E-state index in [2.05, 4.69) is 30.0 Å². The van der Waals surface area contributed by atoms with Crippen molar-refractivity contribution >= 4 is 44.7 Å². The van der Waals surface area contributed by atoms with Crippen molar-refractivity contribution in [2.45, 2.75) is 45.1 Å². The number of esters is 1. The lowest BCUT2D eigenvalue weighted by atomic mass is 9.81. The van der Waals surface area contributed by atoms with E-state index in [0.717, 1.165) is 57.4 Å². The van der Waals surface area contributed by atoms with Gasteiger partial charge in [-0.15, -0.1) is 11.3 Å². The van der Waals surface area contributed by atoms with E-state index in [1.54, 1.807) is 11.3 Å². The van der Waals surface area contributed by atoms with Gasteiger partial charge >= 0.3 is 5.97 Å². The van der Waals surface area contributed by atoms with Crippen LogP contribution < -0.4 is 4.90 Å². The molecule has 1 aliphatic carbocycles. The summed E-state index contributed by atoms with van der Waals surface area (Å²) in [7, 11) is 1.45. The van der Waals surface area contributed by atoms with Gasteiger partial charge in [-0.3, -0.25) is 0 Å². The van der Waals surface area contributed by atoms with Crippen molar-refractivity contribution in [1.29, 1.82) is 0 Å². The fourth-order valence-corrected chi connectivity index (χ4v) is 6.47. The van der Waals surface area contributed by atoms with Crippen molar-refractivity contribution in [3.05, 3.63) is 51.9 Å². The van der Waals surface area contributed by atoms with Gasteiger partial charge in [0.25, 0.3) is 0 Å². The molecule has 1 aliphatic heterocycles. The van der Waals surface area contributed by atoms with Crippen molar-refractivity contribution in [1.82, 2.24) is 0 Å². The summed E-state index contributed by atoms with van der Waals surface area (Å²) in [6.45, 7) is 4.40. The van der Waals surface area contributed by atoms with Crippen LogP contribution in [0.4, 0.5) is 5.69 Å². The van der Waals surface area contributed by atoms with Crippen LogP contribution in [0.25, 0.3) is 21.2 Å². The summed E-state index contributed by atoms with van der Waals surface area (Å²) in [5.74, 6) is 0.581. The smallest absolute Gasteiger partial charge is 0.339 e. The Morgan fingerprint density at radius 2 is 2.06 bits per heavy atom. The molecule has 4 nitrogen and oxygen atoms in total. The third-order valence-corrected chi connectivity index (χ3v) is 8.42. The molecule has 0 unspecified atom stereocenters. The SMILES string of the molecule is COC(=O)c1cc(-c2c(C)sc3cc(Cl)ccc23)ccc1N1CCO[C@H](CCC2CCC2)C1. The average molecular weight is 484 g/mol. The summed E-state index contributed by atoms with van der Waals surface area (Å²) in [5, 5.41) is 1.90. The number of aryl methyl sites for hydroxylation is 1. The summed E-state index contributed by atoms with van der Waals surface area (Å²) in [6, 6.07) is 12.2. The van der Waals surface area contributed by atoms with Crippen molar-refractivity contribution in [3.8, 4) is 11.1 Å². The number of thiophene rings is 1. The molecule has 1 atom stereocenters. The highest BCUT2D eigenvalue weighted by atomic mass is 35.5. The Hall–Kier alpha value is -2.08. The van der Waals surface area contributed by atoms with Crippen LogP contribution in [-0.4, -0.2) is 38.9 Å². The van der Waals surface area contributed by atoms with Crippen LogP contribution in [0.2, 0.25) is 5.02 Å². The number of hydrogen-bond donors (Lipinski definition) is 0. The predicted molar refractivity (Wildman–Crippen MR) is 137 cm³/mol. The number of rotatable bonds is 6. The first kappa shape index (κ1) is 22.7. The predicted octanol–water partition coefficient (Wildman–Crippen LogP) is 7.10. The molecule has 0 amide bonds. The van der Waals surface area contributed by atoms with Gasteiger partial charge in [0.05, 0.1) is 31.1 Å². The fourth-order valence-electron chi connectivity index (χ4n) is 5.11. The van der Waals surface area contributed by atoms with E-state index in [-0.39, 0.29) is 12.1 Å². The number of carbonyl (C=O) groups is 1. The second kappa shape index (κ2) is 9.65. The average Bonchev–Trinajstić information content (AvgIpc) is 3.12. The number of anilines is 1. The molecule has 0 bridgehead atoms. The fraction of sp³-hybridized carbons (Fsp3) is 0.444. The van der Waals surface area contributed by atoms with E-state index in [9.17, 15) is 4.79 Å². The second-order valence-corrected chi connectivity index (χ2v) is 10.9. The van der Waals surface area contributed by atoms with Crippen molar-refractivity contribution < 1.29 is 14.3 Å². The number of morpholine rings is 1. The standard InChI is InChI=1S/C27H30ClNO3S/c1-17-26(22-10-8-20(28)15-25(22)33-17)19-7-11-24(23(14-19)27(30)31-2)29-12-13-32-21(16-29)9-6-18-4-3-5-18/h7-8,10-11,14-15,18,21H,3-6,9,12-13,16H2,1-2H3/t21-/m1/s1. The zero-order valence-electron chi connectivity index (χ0n) is 19.2. The van der Waals surface area contributed by atoms with Crippen molar-refractivity contribution in [2.75, 3.05) is 31.7 Å². The van der Waals surface area contributed by atoms with Gasteiger partial charge < -0.3 is 14.4 Å². The van der Waals surface area contributed by atoms with Gasteiger partial charge in [-0.25, -0.2) is 4.79 Å². The number of ether oxygens (including phenoxy) is 2. The monoisotopic (exact) mass is 483 g/mol. The van der Waals surface area contributed by atoms with Crippen LogP contribution in [0, 0.1) is 12.8 Å². The first-order valence-electron chi connectivity index (χ1n) is 11.8. The minimum Gasteiger partial charge on any atom is -0.465 e. The zero-order valence-corrected chi connectivity index (χ0v) is 20.8. The van der Waals surface area contributed by atoms with E-state index in [4.69, 9.17) is 21.1 Å². The maximum Gasteiger partial charge on any atom is 0.339 e.